The molecule has 0 saturated carbocycles. The lowest BCUT2D eigenvalue weighted by Crippen LogP contribution is -2.09. The van der Waals surface area contributed by atoms with Crippen molar-refractivity contribution in [3.63, 3.8) is 0 Å². The number of aromatic nitrogens is 1. The molecule has 1 aromatic heterocycles. The molecular weight excluding hydrogens is 309 g/mol. The first kappa shape index (κ1) is 13.1. The number of fused-ring (bicyclic) bond motifs is 1. The molecule has 0 bridgehead atoms. The van der Waals surface area contributed by atoms with E-state index in [4.69, 9.17) is 0 Å². The van der Waals surface area contributed by atoms with E-state index >= 15 is 0 Å². The second-order valence-electron chi connectivity index (χ2n) is 3.90. The fourth-order valence-corrected chi connectivity index (χ4v) is 2.15. The van der Waals surface area contributed by atoms with Crippen molar-refractivity contribution in [2.75, 3.05) is 12.4 Å². The number of alkyl halides is 3. The van der Waals surface area contributed by atoms with Crippen molar-refractivity contribution in [2.24, 2.45) is 0 Å². The predicted octanol–water partition coefficient (Wildman–Crippen LogP) is 4.37. The van der Waals surface area contributed by atoms with Gasteiger partial charge in [0, 0.05) is 22.6 Å². The second-order valence-corrected chi connectivity index (χ2v) is 4.69. The third-order valence-electron chi connectivity index (χ3n) is 2.67. The van der Waals surface area contributed by atoms with E-state index in [0.29, 0.717) is 21.1 Å². The Kier molecular flexibility index (Phi) is 3.23. The van der Waals surface area contributed by atoms with Crippen LogP contribution in [0.4, 0.5) is 18.9 Å². The third kappa shape index (κ3) is 2.16. The van der Waals surface area contributed by atoms with Gasteiger partial charge in [-0.1, -0.05) is 12.1 Å². The van der Waals surface area contributed by atoms with E-state index in [1.165, 1.54) is 0 Å². The molecule has 0 aliphatic heterocycles. The van der Waals surface area contributed by atoms with Crippen molar-refractivity contribution in [1.29, 1.82) is 0 Å². The molecule has 18 heavy (non-hydrogen) atoms. The Balaban J connectivity index is 2.85. The number of rotatable bonds is 1. The molecular formula is C12H10BrF3N2. The van der Waals surface area contributed by atoms with Crippen LogP contribution in [0.25, 0.3) is 10.9 Å². The number of hydrogen-bond acceptors (Lipinski definition) is 2. The maximum atomic E-state index is 12.8. The molecule has 2 nitrogen and oxygen atoms in total. The number of nitrogens with zero attached hydrogens (tertiary/aromatic N) is 1. The molecule has 96 valence electrons. The van der Waals surface area contributed by atoms with Crippen LogP contribution in [-0.2, 0) is 6.18 Å². The molecule has 1 N–H and O–H groups in total. The maximum Gasteiger partial charge on any atom is 0.433 e. The van der Waals surface area contributed by atoms with Crippen LogP contribution in [0.15, 0.2) is 22.7 Å². The summed E-state index contributed by atoms with van der Waals surface area (Å²) in [5.74, 6) is 0. The van der Waals surface area contributed by atoms with Gasteiger partial charge in [0.1, 0.15) is 5.69 Å². The van der Waals surface area contributed by atoms with Crippen LogP contribution in [0, 0.1) is 6.92 Å². The Morgan fingerprint density at radius 1 is 1.28 bits per heavy atom. The van der Waals surface area contributed by atoms with Crippen LogP contribution in [0.2, 0.25) is 0 Å². The van der Waals surface area contributed by atoms with Gasteiger partial charge in [-0.2, -0.15) is 13.2 Å². The molecule has 2 rings (SSSR count). The number of halogens is 4. The molecule has 0 spiro atoms. The zero-order valence-corrected chi connectivity index (χ0v) is 11.3. The van der Waals surface area contributed by atoms with Crippen LogP contribution < -0.4 is 5.32 Å². The van der Waals surface area contributed by atoms with E-state index in [9.17, 15) is 13.2 Å². The molecule has 1 aromatic carbocycles. The zero-order chi connectivity index (χ0) is 13.5. The fraction of sp³-hybridized carbons (Fsp3) is 0.250. The summed E-state index contributed by atoms with van der Waals surface area (Å²) in [7, 11) is 1.59. The molecule has 0 aliphatic carbocycles. The van der Waals surface area contributed by atoms with Crippen LogP contribution in [0.1, 0.15) is 11.3 Å². The van der Waals surface area contributed by atoms with Crippen molar-refractivity contribution < 1.29 is 13.2 Å². The molecule has 0 fully saturated rings. The largest absolute Gasteiger partial charge is 0.433 e. The lowest BCUT2D eigenvalue weighted by atomic mass is 10.1. The topological polar surface area (TPSA) is 24.9 Å². The lowest BCUT2D eigenvalue weighted by molar-refractivity contribution is -0.140. The summed E-state index contributed by atoms with van der Waals surface area (Å²) in [6, 6.07) is 4.61. The van der Waals surface area contributed by atoms with Gasteiger partial charge in [0.25, 0.3) is 0 Å². The lowest BCUT2D eigenvalue weighted by Gasteiger charge is -2.13. The molecule has 0 atom stereocenters. The minimum Gasteiger partial charge on any atom is -0.388 e. The summed E-state index contributed by atoms with van der Waals surface area (Å²) in [6.07, 6.45) is -4.46. The Bertz CT molecular complexity index is 608. The molecule has 0 aliphatic rings. The van der Waals surface area contributed by atoms with Gasteiger partial charge in [0.05, 0.1) is 5.52 Å². The van der Waals surface area contributed by atoms with Gasteiger partial charge in [-0.05, 0) is 34.5 Å². The predicted molar refractivity (Wildman–Crippen MR) is 68.7 cm³/mol. The molecule has 0 unspecified atom stereocenters. The van der Waals surface area contributed by atoms with E-state index in [1.54, 1.807) is 13.1 Å². The Hall–Kier alpha value is -1.30. The monoisotopic (exact) mass is 318 g/mol. The first-order valence-electron chi connectivity index (χ1n) is 5.19. The summed E-state index contributed by atoms with van der Waals surface area (Å²) in [5, 5.41) is 3.42. The highest BCUT2D eigenvalue weighted by atomic mass is 79.9. The Labute approximate surface area is 110 Å². The van der Waals surface area contributed by atoms with Crippen molar-refractivity contribution in [1.82, 2.24) is 4.98 Å². The minimum absolute atomic E-state index is 0.314. The summed E-state index contributed by atoms with van der Waals surface area (Å²) in [5.41, 5.74) is 0.671. The maximum absolute atomic E-state index is 12.8. The number of hydrogen-bond donors (Lipinski definition) is 1. The van der Waals surface area contributed by atoms with Crippen LogP contribution in [-0.4, -0.2) is 12.0 Å². The average molecular weight is 319 g/mol. The smallest absolute Gasteiger partial charge is 0.388 e. The summed E-state index contributed by atoms with van der Waals surface area (Å²) < 4.78 is 38.9. The number of nitrogens with one attached hydrogen (secondary N) is 1. The molecule has 1 heterocycles. The van der Waals surface area contributed by atoms with E-state index in [-0.39, 0.29) is 0 Å². The molecule has 0 saturated heterocycles. The number of anilines is 1. The molecule has 6 heteroatoms. The van der Waals surface area contributed by atoms with Gasteiger partial charge >= 0.3 is 6.18 Å². The standard InChI is InChI=1S/C12H10BrF3N2/c1-6-3-4-7-8(17-2)5-9(12(14,15)16)18-11(7)10(6)13/h3-5H,1-2H3,(H,17,18). The molecule has 0 radical (unpaired) electrons. The molecule has 2 aromatic rings. The van der Waals surface area contributed by atoms with E-state index in [2.05, 4.69) is 26.2 Å². The highest BCUT2D eigenvalue weighted by Crippen LogP contribution is 2.36. The summed E-state index contributed by atoms with van der Waals surface area (Å²) in [4.78, 5) is 3.70. The fourth-order valence-electron chi connectivity index (χ4n) is 1.71. The Morgan fingerprint density at radius 2 is 1.94 bits per heavy atom. The Morgan fingerprint density at radius 3 is 2.50 bits per heavy atom. The van der Waals surface area contributed by atoms with Gasteiger partial charge < -0.3 is 5.32 Å². The third-order valence-corrected chi connectivity index (χ3v) is 3.67. The van der Waals surface area contributed by atoms with Crippen molar-refractivity contribution in [2.45, 2.75) is 13.1 Å². The van der Waals surface area contributed by atoms with Gasteiger partial charge in [0.15, 0.2) is 0 Å². The molecule has 0 amide bonds. The summed E-state index contributed by atoms with van der Waals surface area (Å²) >= 11 is 3.29. The van der Waals surface area contributed by atoms with Crippen LogP contribution in [0.3, 0.4) is 0 Å². The number of benzene rings is 1. The quantitative estimate of drug-likeness (QED) is 0.844. The van der Waals surface area contributed by atoms with E-state index < -0.39 is 11.9 Å². The average Bonchev–Trinajstić information content (AvgIpc) is 2.31. The number of pyridine rings is 1. The first-order chi connectivity index (χ1) is 8.34. The number of aryl methyl sites for hydroxylation is 1. The van der Waals surface area contributed by atoms with Crippen molar-refractivity contribution in [3.05, 3.63) is 33.9 Å². The van der Waals surface area contributed by atoms with Crippen LogP contribution >= 0.6 is 15.9 Å². The zero-order valence-electron chi connectivity index (χ0n) is 9.69. The first-order valence-corrected chi connectivity index (χ1v) is 5.98. The van der Waals surface area contributed by atoms with Crippen LogP contribution in [0.5, 0.6) is 0 Å². The summed E-state index contributed by atoms with van der Waals surface area (Å²) in [6.45, 7) is 1.81. The minimum atomic E-state index is -4.46. The highest BCUT2D eigenvalue weighted by Gasteiger charge is 2.33. The van der Waals surface area contributed by atoms with Gasteiger partial charge in [0.2, 0.25) is 0 Å². The van der Waals surface area contributed by atoms with Crippen molar-refractivity contribution >= 4 is 32.5 Å². The van der Waals surface area contributed by atoms with E-state index in [0.717, 1.165) is 11.6 Å². The SMILES string of the molecule is CNc1cc(C(F)(F)F)nc2c(Br)c(C)ccc12. The van der Waals surface area contributed by atoms with Gasteiger partial charge in [-0.3, -0.25) is 0 Å². The van der Waals surface area contributed by atoms with Gasteiger partial charge in [-0.15, -0.1) is 0 Å². The highest BCUT2D eigenvalue weighted by molar-refractivity contribution is 9.10. The van der Waals surface area contributed by atoms with Crippen molar-refractivity contribution in [3.8, 4) is 0 Å². The van der Waals surface area contributed by atoms with Gasteiger partial charge in [-0.25, -0.2) is 4.98 Å². The second kappa shape index (κ2) is 4.42. The normalized spacial score (nSPS) is 11.9. The van der Waals surface area contributed by atoms with E-state index in [1.807, 2.05) is 13.0 Å².